The Morgan fingerprint density at radius 1 is 1.14 bits per heavy atom. The molecular weight excluding hydrogens is 108 g/mol. The van der Waals surface area contributed by atoms with Crippen LogP contribution < -0.4 is 0 Å². The number of allylic oxidation sites excluding steroid dienone is 2. The van der Waals surface area contributed by atoms with Gasteiger partial charge >= 0.3 is 0 Å². The van der Waals surface area contributed by atoms with E-state index >= 15 is 0 Å². The first-order valence-electron chi connectivity index (χ1n) is 2.07. The molecule has 7 heavy (non-hydrogen) atoms. The molecule has 0 aromatic heterocycles. The van der Waals surface area contributed by atoms with Crippen molar-refractivity contribution in [2.75, 3.05) is 0 Å². The molecule has 0 atom stereocenters. The zero-order valence-electron chi connectivity index (χ0n) is 3.76. The fraction of sp³-hybridized carbons (Fsp3) is 0. The summed E-state index contributed by atoms with van der Waals surface area (Å²) < 4.78 is 0. The average Bonchev–Trinajstić information content (AvgIpc) is 1.87. The van der Waals surface area contributed by atoms with Gasteiger partial charge in [-0.3, -0.25) is 0 Å². The molecule has 1 aliphatic heterocycles. The fourth-order valence-corrected chi connectivity index (χ4v) is 1.34. The minimum absolute atomic E-state index is 0.373. The van der Waals surface area contributed by atoms with E-state index in [1.165, 1.54) is 0 Å². The molecule has 1 aliphatic rings. The summed E-state index contributed by atoms with van der Waals surface area (Å²) in [5.41, 5.74) is 0. The van der Waals surface area contributed by atoms with Crippen molar-refractivity contribution in [1.29, 1.82) is 0 Å². The highest BCUT2D eigenvalue weighted by Gasteiger charge is 2.03. The maximum Gasteiger partial charge on any atom is 0.174 e. The van der Waals surface area contributed by atoms with E-state index in [0.29, 0.717) is 10.8 Å². The zero-order valence-corrected chi connectivity index (χ0v) is 5.17. The number of rotatable bonds is 0. The van der Waals surface area contributed by atoms with Gasteiger partial charge < -0.3 is 10.2 Å². The molecule has 0 spiro atoms. The fourth-order valence-electron chi connectivity index (χ4n) is 0.496. The molecule has 2 nitrogen and oxygen atoms in total. The van der Waals surface area contributed by atoms with E-state index in [0.717, 1.165) is 0 Å². The first-order chi connectivity index (χ1) is 3.29. The van der Waals surface area contributed by atoms with Crippen LogP contribution in [0.4, 0.5) is 0 Å². The predicted molar refractivity (Wildman–Crippen MR) is 30.0 cm³/mol. The van der Waals surface area contributed by atoms with Crippen molar-refractivity contribution in [3.05, 3.63) is 22.9 Å². The van der Waals surface area contributed by atoms with Crippen molar-refractivity contribution < 1.29 is 10.2 Å². The molecule has 0 radical (unpaired) electrons. The van der Waals surface area contributed by atoms with Crippen LogP contribution in [0, 0.1) is 0 Å². The molecule has 0 fully saturated rings. The summed E-state index contributed by atoms with van der Waals surface area (Å²) in [5, 5.41) is 18.0. The van der Waals surface area contributed by atoms with Gasteiger partial charge in [-0.05, 0) is 12.2 Å². The van der Waals surface area contributed by atoms with Gasteiger partial charge in [-0.15, -0.1) is 0 Å². The molecule has 0 aromatic rings. The number of aliphatic hydroxyl groups is 2. The third-order valence-electron chi connectivity index (χ3n) is 0.830. The summed E-state index contributed by atoms with van der Waals surface area (Å²) in [6.45, 7) is 0. The Morgan fingerprint density at radius 3 is 1.71 bits per heavy atom. The standard InChI is InChI=1S/C4H6O2Si/c5-3-1-2-4(6)7-3/h1-2,5-6H,7H2. The molecule has 0 saturated heterocycles. The summed E-state index contributed by atoms with van der Waals surface area (Å²) in [6.07, 6.45) is 3.09. The van der Waals surface area contributed by atoms with Gasteiger partial charge in [0, 0.05) is 0 Å². The monoisotopic (exact) mass is 114 g/mol. The predicted octanol–water partition coefficient (Wildman–Crippen LogP) is -0.0324. The quantitative estimate of drug-likeness (QED) is 0.434. The van der Waals surface area contributed by atoms with Crippen LogP contribution in [0.25, 0.3) is 0 Å². The lowest BCUT2D eigenvalue weighted by Crippen LogP contribution is -1.92. The van der Waals surface area contributed by atoms with Gasteiger partial charge in [-0.2, -0.15) is 0 Å². The normalized spacial score (nSPS) is 18.9. The third-order valence-corrected chi connectivity index (χ3v) is 2.03. The minimum atomic E-state index is -0.775. The first-order valence-corrected chi connectivity index (χ1v) is 3.48. The van der Waals surface area contributed by atoms with Gasteiger partial charge in [0.25, 0.3) is 0 Å². The van der Waals surface area contributed by atoms with Crippen molar-refractivity contribution in [2.45, 2.75) is 0 Å². The van der Waals surface area contributed by atoms with E-state index in [2.05, 4.69) is 0 Å². The largest absolute Gasteiger partial charge is 0.518 e. The highest BCUT2D eigenvalue weighted by molar-refractivity contribution is 6.53. The molecule has 0 unspecified atom stereocenters. The number of hydrogen-bond donors (Lipinski definition) is 2. The summed E-state index contributed by atoms with van der Waals surface area (Å²) in [5.74, 6) is 0. The molecule has 2 N–H and O–H groups in total. The Morgan fingerprint density at radius 2 is 1.57 bits per heavy atom. The van der Waals surface area contributed by atoms with Crippen LogP contribution in [-0.2, 0) is 0 Å². The molecular formula is C4H6O2Si. The van der Waals surface area contributed by atoms with Gasteiger partial charge in [0.2, 0.25) is 0 Å². The van der Waals surface area contributed by atoms with Crippen LogP contribution in [0.3, 0.4) is 0 Å². The summed E-state index contributed by atoms with van der Waals surface area (Å²) in [4.78, 5) is 0. The van der Waals surface area contributed by atoms with Gasteiger partial charge in [0.05, 0.1) is 10.8 Å². The lowest BCUT2D eigenvalue weighted by Gasteiger charge is -1.85. The van der Waals surface area contributed by atoms with E-state index < -0.39 is 9.52 Å². The van der Waals surface area contributed by atoms with Gasteiger partial charge in [0.1, 0.15) is 0 Å². The molecule has 0 aromatic carbocycles. The number of hydrogen-bond acceptors (Lipinski definition) is 2. The molecule has 0 amide bonds. The SMILES string of the molecule is OC1=CC=C(O)[SiH2]1. The van der Waals surface area contributed by atoms with E-state index in [9.17, 15) is 0 Å². The molecule has 0 saturated carbocycles. The van der Waals surface area contributed by atoms with Crippen molar-refractivity contribution >= 4 is 9.52 Å². The van der Waals surface area contributed by atoms with Crippen molar-refractivity contribution in [1.82, 2.24) is 0 Å². The minimum Gasteiger partial charge on any atom is -0.518 e. The molecule has 3 heteroatoms. The van der Waals surface area contributed by atoms with Crippen LogP contribution in [0.15, 0.2) is 22.9 Å². The molecule has 1 heterocycles. The van der Waals surface area contributed by atoms with E-state index in [-0.39, 0.29) is 0 Å². The molecule has 0 aliphatic carbocycles. The molecule has 0 bridgehead atoms. The highest BCUT2D eigenvalue weighted by Crippen LogP contribution is 2.01. The van der Waals surface area contributed by atoms with Crippen molar-refractivity contribution in [2.24, 2.45) is 0 Å². The van der Waals surface area contributed by atoms with Crippen LogP contribution in [-0.4, -0.2) is 19.7 Å². The van der Waals surface area contributed by atoms with Crippen LogP contribution >= 0.6 is 0 Å². The average molecular weight is 114 g/mol. The maximum atomic E-state index is 8.61. The Balaban J connectivity index is 2.61. The Labute approximate surface area is 43.6 Å². The smallest absolute Gasteiger partial charge is 0.174 e. The van der Waals surface area contributed by atoms with Gasteiger partial charge in [-0.1, -0.05) is 0 Å². The summed E-state index contributed by atoms with van der Waals surface area (Å²) in [6, 6.07) is 0. The molecule has 38 valence electrons. The lowest BCUT2D eigenvalue weighted by molar-refractivity contribution is 0.437. The second-order valence-electron chi connectivity index (χ2n) is 1.49. The summed E-state index contributed by atoms with van der Waals surface area (Å²) in [7, 11) is -0.775. The second kappa shape index (κ2) is 1.42. The summed E-state index contributed by atoms with van der Waals surface area (Å²) >= 11 is 0. The van der Waals surface area contributed by atoms with E-state index in [1.54, 1.807) is 12.2 Å². The van der Waals surface area contributed by atoms with E-state index in [1.807, 2.05) is 0 Å². The maximum absolute atomic E-state index is 8.61. The Bertz CT molecular complexity index is 121. The molecule has 1 rings (SSSR count). The first kappa shape index (κ1) is 4.46. The Hall–Kier alpha value is -0.703. The zero-order chi connectivity index (χ0) is 5.28. The number of aliphatic hydroxyl groups excluding tert-OH is 2. The Kier molecular flexibility index (Phi) is 0.904. The highest BCUT2D eigenvalue weighted by atomic mass is 28.2. The lowest BCUT2D eigenvalue weighted by atomic mass is 10.6. The van der Waals surface area contributed by atoms with Crippen LogP contribution in [0.1, 0.15) is 0 Å². The second-order valence-corrected chi connectivity index (χ2v) is 3.30. The van der Waals surface area contributed by atoms with Crippen LogP contribution in [0.2, 0.25) is 0 Å². The topological polar surface area (TPSA) is 40.5 Å². The van der Waals surface area contributed by atoms with Crippen molar-refractivity contribution in [3.63, 3.8) is 0 Å². The van der Waals surface area contributed by atoms with Gasteiger partial charge in [-0.25, -0.2) is 0 Å². The van der Waals surface area contributed by atoms with E-state index in [4.69, 9.17) is 10.2 Å². The van der Waals surface area contributed by atoms with Crippen LogP contribution in [0.5, 0.6) is 0 Å². The van der Waals surface area contributed by atoms with Gasteiger partial charge in [0.15, 0.2) is 9.52 Å². The van der Waals surface area contributed by atoms with Crippen molar-refractivity contribution in [3.8, 4) is 0 Å². The third kappa shape index (κ3) is 0.836.